The van der Waals surface area contributed by atoms with Crippen molar-refractivity contribution in [3.05, 3.63) is 47.5 Å². The second kappa shape index (κ2) is 4.90. The van der Waals surface area contributed by atoms with Crippen LogP contribution in [0.4, 0.5) is 0 Å². The van der Waals surface area contributed by atoms with E-state index in [2.05, 4.69) is 17.1 Å². The van der Waals surface area contributed by atoms with Gasteiger partial charge in [-0.3, -0.25) is 0 Å². The van der Waals surface area contributed by atoms with Crippen molar-refractivity contribution in [3.8, 4) is 11.3 Å². The zero-order chi connectivity index (χ0) is 13.2. The van der Waals surface area contributed by atoms with E-state index in [0.717, 1.165) is 21.3 Å². The van der Waals surface area contributed by atoms with E-state index in [1.807, 2.05) is 37.4 Å². The topological polar surface area (TPSA) is 42.1 Å². The van der Waals surface area contributed by atoms with Crippen molar-refractivity contribution in [1.29, 1.82) is 0 Å². The molecule has 4 heteroatoms. The van der Waals surface area contributed by atoms with E-state index in [9.17, 15) is 4.79 Å². The van der Waals surface area contributed by atoms with Gasteiger partial charge in [0.2, 0.25) is 0 Å². The van der Waals surface area contributed by atoms with Crippen molar-refractivity contribution < 1.29 is 9.53 Å². The van der Waals surface area contributed by atoms with Crippen LogP contribution in [0.2, 0.25) is 0 Å². The molecule has 0 saturated carbocycles. The van der Waals surface area contributed by atoms with Gasteiger partial charge in [0.25, 0.3) is 0 Å². The molecule has 2 aromatic heterocycles. The van der Waals surface area contributed by atoms with Crippen LogP contribution in [0.5, 0.6) is 0 Å². The number of aromatic amines is 1. The maximum Gasteiger partial charge on any atom is 0.348 e. The van der Waals surface area contributed by atoms with Gasteiger partial charge in [-0.25, -0.2) is 4.79 Å². The molecule has 0 radical (unpaired) electrons. The van der Waals surface area contributed by atoms with Gasteiger partial charge in [-0.1, -0.05) is 6.07 Å². The Kier molecular flexibility index (Phi) is 3.09. The number of hydrogen-bond donors (Lipinski definition) is 1. The molecule has 0 aliphatic carbocycles. The van der Waals surface area contributed by atoms with E-state index >= 15 is 0 Å². The summed E-state index contributed by atoms with van der Waals surface area (Å²) in [4.78, 5) is 15.5. The smallest absolute Gasteiger partial charge is 0.348 e. The third-order valence-electron chi connectivity index (χ3n) is 2.90. The number of fused-ring (bicyclic) bond motifs is 1. The molecule has 19 heavy (non-hydrogen) atoms. The van der Waals surface area contributed by atoms with Crippen LogP contribution < -0.4 is 0 Å². The summed E-state index contributed by atoms with van der Waals surface area (Å²) in [6.45, 7) is 2.22. The summed E-state index contributed by atoms with van der Waals surface area (Å²) in [5.41, 5.74) is 2.19. The van der Waals surface area contributed by atoms with Gasteiger partial charge in [-0.15, -0.1) is 11.3 Å². The fourth-order valence-electron chi connectivity index (χ4n) is 2.02. The number of rotatable bonds is 3. The van der Waals surface area contributed by atoms with E-state index in [0.29, 0.717) is 11.5 Å². The molecular weight excluding hydrogens is 258 g/mol. The summed E-state index contributed by atoms with van der Waals surface area (Å²) >= 11 is 1.47. The minimum absolute atomic E-state index is 0.245. The summed E-state index contributed by atoms with van der Waals surface area (Å²) in [5.74, 6) is -0.245. The number of aromatic nitrogens is 1. The average molecular weight is 271 g/mol. The Hall–Kier alpha value is -2.07. The van der Waals surface area contributed by atoms with E-state index in [1.54, 1.807) is 0 Å². The van der Waals surface area contributed by atoms with Crippen molar-refractivity contribution >= 4 is 27.4 Å². The van der Waals surface area contributed by atoms with Crippen molar-refractivity contribution in [2.75, 3.05) is 6.61 Å². The van der Waals surface area contributed by atoms with Gasteiger partial charge >= 0.3 is 5.97 Å². The highest BCUT2D eigenvalue weighted by atomic mass is 32.1. The number of carbonyl (C=O) groups excluding carboxylic acids is 1. The Morgan fingerprint density at radius 3 is 2.95 bits per heavy atom. The fourth-order valence-corrected chi connectivity index (χ4v) is 2.96. The average Bonchev–Trinajstić information content (AvgIpc) is 3.07. The normalized spacial score (nSPS) is 10.8. The summed E-state index contributed by atoms with van der Waals surface area (Å²) in [6, 6.07) is 12.1. The molecule has 0 aliphatic heterocycles. The van der Waals surface area contributed by atoms with E-state index < -0.39 is 0 Å². The number of nitrogens with one attached hydrogen (secondary N) is 1. The van der Waals surface area contributed by atoms with Crippen LogP contribution in [0.25, 0.3) is 21.3 Å². The van der Waals surface area contributed by atoms with Crippen LogP contribution in [0.3, 0.4) is 0 Å². The molecule has 0 amide bonds. The lowest BCUT2D eigenvalue weighted by Gasteiger charge is -1.97. The second-order valence-corrected chi connectivity index (χ2v) is 5.25. The molecular formula is C15H13NO2S. The highest BCUT2D eigenvalue weighted by molar-refractivity contribution is 7.20. The molecule has 3 rings (SSSR count). The molecule has 0 saturated heterocycles. The molecule has 0 fully saturated rings. The molecule has 2 heterocycles. The maximum atomic E-state index is 11.7. The number of H-pyrrole nitrogens is 1. The standard InChI is InChI=1S/C15H13NO2S/c1-2-18-15(17)14-9-11-8-10(5-6-13(11)19-14)12-4-3-7-16-12/h3-9,16H,2H2,1H3. The number of thiophene rings is 1. The van der Waals surface area contributed by atoms with Crippen LogP contribution in [0.15, 0.2) is 42.6 Å². The highest BCUT2D eigenvalue weighted by Crippen LogP contribution is 2.30. The molecule has 1 N–H and O–H groups in total. The van der Waals surface area contributed by atoms with Gasteiger partial charge in [0.15, 0.2) is 0 Å². The molecule has 0 atom stereocenters. The molecule has 0 aliphatic rings. The Morgan fingerprint density at radius 2 is 2.21 bits per heavy atom. The quantitative estimate of drug-likeness (QED) is 0.729. The van der Waals surface area contributed by atoms with Gasteiger partial charge in [0.1, 0.15) is 4.88 Å². The van der Waals surface area contributed by atoms with Gasteiger partial charge in [0.05, 0.1) is 6.61 Å². The lowest BCUT2D eigenvalue weighted by Crippen LogP contribution is -2.01. The van der Waals surface area contributed by atoms with E-state index in [1.165, 1.54) is 11.3 Å². The fraction of sp³-hybridized carbons (Fsp3) is 0.133. The largest absolute Gasteiger partial charge is 0.462 e. The summed E-state index contributed by atoms with van der Waals surface area (Å²) < 4.78 is 6.12. The molecule has 0 bridgehead atoms. The van der Waals surface area contributed by atoms with Gasteiger partial charge in [0, 0.05) is 16.6 Å². The van der Waals surface area contributed by atoms with Crippen LogP contribution >= 0.6 is 11.3 Å². The lowest BCUT2D eigenvalue weighted by atomic mass is 10.1. The Morgan fingerprint density at radius 1 is 1.32 bits per heavy atom. The van der Waals surface area contributed by atoms with Crippen LogP contribution in [0, 0.1) is 0 Å². The minimum Gasteiger partial charge on any atom is -0.462 e. The number of benzene rings is 1. The molecule has 3 aromatic rings. The molecule has 0 spiro atoms. The van der Waals surface area contributed by atoms with Gasteiger partial charge in [-0.05, 0) is 48.2 Å². The summed E-state index contributed by atoms with van der Waals surface area (Å²) in [6.07, 6.45) is 1.90. The molecule has 0 unspecified atom stereocenters. The maximum absolute atomic E-state index is 11.7. The van der Waals surface area contributed by atoms with Crippen LogP contribution in [-0.2, 0) is 4.74 Å². The Balaban J connectivity index is 2.02. The Bertz CT molecular complexity index is 713. The molecule has 3 nitrogen and oxygen atoms in total. The molecule has 1 aromatic carbocycles. The van der Waals surface area contributed by atoms with Crippen molar-refractivity contribution in [2.45, 2.75) is 6.92 Å². The molecule has 96 valence electrons. The van der Waals surface area contributed by atoms with Crippen LogP contribution in [0.1, 0.15) is 16.6 Å². The first-order chi connectivity index (χ1) is 9.28. The third kappa shape index (κ3) is 2.27. The van der Waals surface area contributed by atoms with Crippen molar-refractivity contribution in [1.82, 2.24) is 4.98 Å². The lowest BCUT2D eigenvalue weighted by molar-refractivity contribution is 0.0532. The predicted octanol–water partition coefficient (Wildman–Crippen LogP) is 4.07. The Labute approximate surface area is 114 Å². The summed E-state index contributed by atoms with van der Waals surface area (Å²) in [7, 11) is 0. The highest BCUT2D eigenvalue weighted by Gasteiger charge is 2.11. The van der Waals surface area contributed by atoms with Gasteiger partial charge in [-0.2, -0.15) is 0 Å². The summed E-state index contributed by atoms with van der Waals surface area (Å²) in [5, 5.41) is 1.07. The van der Waals surface area contributed by atoms with E-state index in [4.69, 9.17) is 4.74 Å². The third-order valence-corrected chi connectivity index (χ3v) is 4.00. The number of hydrogen-bond acceptors (Lipinski definition) is 3. The zero-order valence-corrected chi connectivity index (χ0v) is 11.3. The van der Waals surface area contributed by atoms with Crippen LogP contribution in [-0.4, -0.2) is 17.6 Å². The first kappa shape index (κ1) is 12.0. The van der Waals surface area contributed by atoms with Crippen molar-refractivity contribution in [3.63, 3.8) is 0 Å². The van der Waals surface area contributed by atoms with E-state index in [-0.39, 0.29) is 5.97 Å². The predicted molar refractivity (Wildman–Crippen MR) is 77.6 cm³/mol. The SMILES string of the molecule is CCOC(=O)c1cc2cc(-c3ccc[nH]3)ccc2s1. The zero-order valence-electron chi connectivity index (χ0n) is 10.5. The number of carbonyl (C=O) groups is 1. The first-order valence-electron chi connectivity index (χ1n) is 6.12. The number of esters is 1. The van der Waals surface area contributed by atoms with Gasteiger partial charge < -0.3 is 9.72 Å². The monoisotopic (exact) mass is 271 g/mol. The number of ether oxygens (including phenoxy) is 1. The minimum atomic E-state index is -0.245. The second-order valence-electron chi connectivity index (χ2n) is 4.17. The first-order valence-corrected chi connectivity index (χ1v) is 6.94. The van der Waals surface area contributed by atoms with Crippen molar-refractivity contribution in [2.24, 2.45) is 0 Å².